The molecular formula is C11H11F3N2O. The van der Waals surface area contributed by atoms with Crippen LogP contribution in [0.15, 0.2) is 24.3 Å². The first kappa shape index (κ1) is 11.9. The maximum atomic E-state index is 12.3. The molecule has 1 saturated carbocycles. The van der Waals surface area contributed by atoms with Crippen molar-refractivity contribution < 1.29 is 18.0 Å². The van der Waals surface area contributed by atoms with Gasteiger partial charge in [-0.25, -0.2) is 0 Å². The van der Waals surface area contributed by atoms with Crippen LogP contribution in [-0.2, 0) is 6.18 Å². The van der Waals surface area contributed by atoms with Crippen molar-refractivity contribution in [2.24, 2.45) is 5.73 Å². The summed E-state index contributed by atoms with van der Waals surface area (Å²) in [5.74, 6) is -0.392. The van der Waals surface area contributed by atoms with Crippen LogP contribution in [0.2, 0.25) is 0 Å². The van der Waals surface area contributed by atoms with Crippen LogP contribution < -0.4 is 11.1 Å². The summed E-state index contributed by atoms with van der Waals surface area (Å²) >= 11 is 0. The summed E-state index contributed by atoms with van der Waals surface area (Å²) in [5.41, 5.74) is 4.95. The molecule has 1 fully saturated rings. The summed E-state index contributed by atoms with van der Waals surface area (Å²) < 4.78 is 36.8. The Hall–Kier alpha value is -1.56. The molecule has 0 aromatic heterocycles. The van der Waals surface area contributed by atoms with Gasteiger partial charge in [0.1, 0.15) is 0 Å². The molecule has 1 aliphatic carbocycles. The standard InChI is InChI=1S/C11H11F3N2O/c12-11(13,14)7-3-1-6(2-4-7)10(17)16-9-5-8(9)15/h1-4,8-9H,5,15H2,(H,16,17). The first-order valence-electron chi connectivity index (χ1n) is 5.11. The van der Waals surface area contributed by atoms with E-state index in [1.807, 2.05) is 0 Å². The fourth-order valence-electron chi connectivity index (χ4n) is 1.44. The van der Waals surface area contributed by atoms with Gasteiger partial charge in [-0.05, 0) is 30.7 Å². The molecule has 1 amide bonds. The third-order valence-electron chi connectivity index (χ3n) is 2.63. The Morgan fingerprint density at radius 2 is 1.82 bits per heavy atom. The fourth-order valence-corrected chi connectivity index (χ4v) is 1.44. The molecule has 0 aliphatic heterocycles. The second-order valence-electron chi connectivity index (χ2n) is 4.05. The zero-order valence-electron chi connectivity index (χ0n) is 8.79. The number of halogens is 3. The molecule has 0 bridgehead atoms. The summed E-state index contributed by atoms with van der Waals surface area (Å²) in [6.07, 6.45) is -3.67. The van der Waals surface area contributed by atoms with Gasteiger partial charge in [0.2, 0.25) is 0 Å². The van der Waals surface area contributed by atoms with Crippen molar-refractivity contribution in [1.29, 1.82) is 0 Å². The van der Waals surface area contributed by atoms with Gasteiger partial charge in [-0.2, -0.15) is 13.2 Å². The molecule has 3 nitrogen and oxygen atoms in total. The normalized spacial score (nSPS) is 23.3. The van der Waals surface area contributed by atoms with Gasteiger partial charge in [-0.15, -0.1) is 0 Å². The highest BCUT2D eigenvalue weighted by molar-refractivity contribution is 5.94. The van der Waals surface area contributed by atoms with Crippen molar-refractivity contribution in [2.45, 2.75) is 24.7 Å². The Balaban J connectivity index is 2.04. The van der Waals surface area contributed by atoms with Gasteiger partial charge in [-0.1, -0.05) is 0 Å². The Kier molecular flexibility index (Phi) is 2.82. The van der Waals surface area contributed by atoms with Crippen molar-refractivity contribution in [1.82, 2.24) is 5.32 Å². The Labute approximate surface area is 95.8 Å². The molecule has 2 atom stereocenters. The summed E-state index contributed by atoms with van der Waals surface area (Å²) in [5, 5.41) is 2.63. The summed E-state index contributed by atoms with van der Waals surface area (Å²) in [6, 6.07) is 4.01. The number of rotatable bonds is 2. The van der Waals surface area contributed by atoms with Crippen LogP contribution in [0.3, 0.4) is 0 Å². The first-order valence-corrected chi connectivity index (χ1v) is 5.11. The second-order valence-corrected chi connectivity index (χ2v) is 4.05. The molecule has 0 heterocycles. The average Bonchev–Trinajstić information content (AvgIpc) is 2.93. The van der Waals surface area contributed by atoms with Crippen LogP contribution >= 0.6 is 0 Å². The molecule has 1 aromatic carbocycles. The SMILES string of the molecule is NC1CC1NC(=O)c1ccc(C(F)(F)F)cc1. The third-order valence-corrected chi connectivity index (χ3v) is 2.63. The number of nitrogens with one attached hydrogen (secondary N) is 1. The van der Waals surface area contributed by atoms with E-state index in [0.29, 0.717) is 6.42 Å². The zero-order valence-corrected chi connectivity index (χ0v) is 8.79. The molecule has 2 rings (SSSR count). The number of alkyl halides is 3. The molecule has 0 radical (unpaired) electrons. The van der Waals surface area contributed by atoms with Crippen LogP contribution in [0.5, 0.6) is 0 Å². The zero-order chi connectivity index (χ0) is 12.6. The van der Waals surface area contributed by atoms with E-state index in [1.165, 1.54) is 0 Å². The summed E-state index contributed by atoms with van der Waals surface area (Å²) in [4.78, 5) is 11.6. The predicted molar refractivity (Wildman–Crippen MR) is 55.3 cm³/mol. The fraction of sp³-hybridized carbons (Fsp3) is 0.364. The predicted octanol–water partition coefficient (Wildman–Crippen LogP) is 1.53. The molecule has 1 aromatic rings. The monoisotopic (exact) mass is 244 g/mol. The van der Waals surface area contributed by atoms with Crippen molar-refractivity contribution in [3.05, 3.63) is 35.4 Å². The minimum atomic E-state index is -4.38. The topological polar surface area (TPSA) is 55.1 Å². The van der Waals surface area contributed by atoms with Crippen LogP contribution in [0.1, 0.15) is 22.3 Å². The average molecular weight is 244 g/mol. The molecule has 3 N–H and O–H groups in total. The van der Waals surface area contributed by atoms with E-state index in [2.05, 4.69) is 5.32 Å². The van der Waals surface area contributed by atoms with Gasteiger partial charge in [0.05, 0.1) is 5.56 Å². The van der Waals surface area contributed by atoms with E-state index in [9.17, 15) is 18.0 Å². The van der Waals surface area contributed by atoms with Crippen LogP contribution in [-0.4, -0.2) is 18.0 Å². The van der Waals surface area contributed by atoms with Gasteiger partial charge >= 0.3 is 6.18 Å². The molecule has 2 unspecified atom stereocenters. The lowest BCUT2D eigenvalue weighted by atomic mass is 10.1. The third kappa shape index (κ3) is 2.76. The van der Waals surface area contributed by atoms with E-state index < -0.39 is 17.6 Å². The quantitative estimate of drug-likeness (QED) is 0.829. The lowest BCUT2D eigenvalue weighted by Crippen LogP contribution is -2.29. The number of benzene rings is 1. The second kappa shape index (κ2) is 4.03. The molecule has 6 heteroatoms. The molecule has 92 valence electrons. The summed E-state index contributed by atoms with van der Waals surface area (Å²) in [7, 11) is 0. The van der Waals surface area contributed by atoms with Gasteiger partial charge in [-0.3, -0.25) is 4.79 Å². The number of amides is 1. The number of carbonyl (C=O) groups is 1. The van der Waals surface area contributed by atoms with E-state index in [-0.39, 0.29) is 17.6 Å². The Morgan fingerprint density at radius 1 is 1.29 bits per heavy atom. The number of hydrogen-bond acceptors (Lipinski definition) is 2. The van der Waals surface area contributed by atoms with E-state index in [0.717, 1.165) is 24.3 Å². The van der Waals surface area contributed by atoms with Gasteiger partial charge in [0.15, 0.2) is 0 Å². The van der Waals surface area contributed by atoms with Crippen molar-refractivity contribution >= 4 is 5.91 Å². The molecule has 0 saturated heterocycles. The maximum Gasteiger partial charge on any atom is 0.416 e. The molecule has 17 heavy (non-hydrogen) atoms. The number of hydrogen-bond donors (Lipinski definition) is 2. The van der Waals surface area contributed by atoms with Crippen LogP contribution in [0, 0.1) is 0 Å². The largest absolute Gasteiger partial charge is 0.416 e. The minimum absolute atomic E-state index is 0.0339. The highest BCUT2D eigenvalue weighted by atomic mass is 19.4. The van der Waals surface area contributed by atoms with E-state index in [4.69, 9.17) is 5.73 Å². The highest BCUT2D eigenvalue weighted by Crippen LogP contribution is 2.29. The van der Waals surface area contributed by atoms with Crippen molar-refractivity contribution in [2.75, 3.05) is 0 Å². The van der Waals surface area contributed by atoms with Crippen molar-refractivity contribution in [3.8, 4) is 0 Å². The van der Waals surface area contributed by atoms with Gasteiger partial charge in [0.25, 0.3) is 5.91 Å². The number of nitrogens with two attached hydrogens (primary N) is 1. The first-order chi connectivity index (χ1) is 7.88. The molecular weight excluding hydrogens is 233 g/mol. The smallest absolute Gasteiger partial charge is 0.348 e. The Morgan fingerprint density at radius 3 is 2.24 bits per heavy atom. The van der Waals surface area contributed by atoms with Crippen LogP contribution in [0.25, 0.3) is 0 Å². The van der Waals surface area contributed by atoms with Gasteiger partial charge < -0.3 is 11.1 Å². The molecule has 0 spiro atoms. The summed E-state index contributed by atoms with van der Waals surface area (Å²) in [6.45, 7) is 0. The maximum absolute atomic E-state index is 12.3. The lowest BCUT2D eigenvalue weighted by molar-refractivity contribution is -0.137. The van der Waals surface area contributed by atoms with E-state index in [1.54, 1.807) is 0 Å². The molecule has 1 aliphatic rings. The van der Waals surface area contributed by atoms with Crippen molar-refractivity contribution in [3.63, 3.8) is 0 Å². The lowest BCUT2D eigenvalue weighted by Gasteiger charge is -2.07. The Bertz CT molecular complexity index is 427. The minimum Gasteiger partial charge on any atom is -0.348 e. The van der Waals surface area contributed by atoms with Crippen LogP contribution in [0.4, 0.5) is 13.2 Å². The highest BCUT2D eigenvalue weighted by Gasteiger charge is 2.35. The number of carbonyl (C=O) groups excluding carboxylic acids is 1. The van der Waals surface area contributed by atoms with Gasteiger partial charge in [0, 0.05) is 17.6 Å². The van der Waals surface area contributed by atoms with E-state index >= 15 is 0 Å².